The van der Waals surface area contributed by atoms with Crippen LogP contribution in [0.15, 0.2) is 29.2 Å². The summed E-state index contributed by atoms with van der Waals surface area (Å²) < 4.78 is 26.7. The highest BCUT2D eigenvalue weighted by Gasteiger charge is 2.35. The SMILES string of the molecule is CC(C)CN1CCN(S(=O)(=O)c2ccc(CCCN)cc2)C1=N. The van der Waals surface area contributed by atoms with Gasteiger partial charge in [-0.2, -0.15) is 0 Å². The van der Waals surface area contributed by atoms with E-state index in [0.29, 0.717) is 32.1 Å². The van der Waals surface area contributed by atoms with E-state index >= 15 is 0 Å². The van der Waals surface area contributed by atoms with E-state index in [9.17, 15) is 8.42 Å². The van der Waals surface area contributed by atoms with Crippen molar-refractivity contribution in [2.24, 2.45) is 11.7 Å². The van der Waals surface area contributed by atoms with E-state index < -0.39 is 10.0 Å². The van der Waals surface area contributed by atoms with Crippen molar-refractivity contribution in [3.63, 3.8) is 0 Å². The monoisotopic (exact) mass is 338 g/mol. The van der Waals surface area contributed by atoms with Crippen LogP contribution in [0.1, 0.15) is 25.8 Å². The molecule has 1 fully saturated rings. The Morgan fingerprint density at radius 2 is 1.87 bits per heavy atom. The third-order valence-corrected chi connectivity index (χ3v) is 5.68. The van der Waals surface area contributed by atoms with Crippen LogP contribution in [0.5, 0.6) is 0 Å². The van der Waals surface area contributed by atoms with Gasteiger partial charge in [-0.1, -0.05) is 26.0 Å². The number of sulfonamides is 1. The molecule has 3 N–H and O–H groups in total. The van der Waals surface area contributed by atoms with E-state index in [-0.39, 0.29) is 10.9 Å². The number of nitrogens with zero attached hydrogens (tertiary/aromatic N) is 2. The zero-order chi connectivity index (χ0) is 17.0. The van der Waals surface area contributed by atoms with Gasteiger partial charge in [0.1, 0.15) is 0 Å². The number of nitrogens with two attached hydrogens (primary N) is 1. The topological polar surface area (TPSA) is 90.5 Å². The average molecular weight is 338 g/mol. The minimum atomic E-state index is -3.65. The van der Waals surface area contributed by atoms with E-state index in [1.807, 2.05) is 17.0 Å². The Hall–Kier alpha value is -1.60. The fraction of sp³-hybridized carbons (Fsp3) is 0.562. The van der Waals surface area contributed by atoms with Gasteiger partial charge in [-0.05, 0) is 43.0 Å². The second-order valence-corrected chi connectivity index (χ2v) is 8.14. The molecule has 0 amide bonds. The number of benzene rings is 1. The largest absolute Gasteiger partial charge is 0.340 e. The standard InChI is InChI=1S/C16H26N4O2S/c1-13(2)12-19-10-11-20(16(19)18)23(21,22)15-7-5-14(6-8-15)4-3-9-17/h5-8,13,18H,3-4,9-12,17H2,1-2H3. The van der Waals surface area contributed by atoms with Gasteiger partial charge in [0.15, 0.2) is 0 Å². The predicted molar refractivity (Wildman–Crippen MR) is 91.8 cm³/mol. The van der Waals surface area contributed by atoms with Crippen molar-refractivity contribution in [3.05, 3.63) is 29.8 Å². The van der Waals surface area contributed by atoms with Gasteiger partial charge in [-0.3, -0.25) is 5.41 Å². The Labute approximate surface area is 138 Å². The van der Waals surface area contributed by atoms with E-state index in [0.717, 1.165) is 18.4 Å². The third-order valence-electron chi connectivity index (χ3n) is 3.88. The summed E-state index contributed by atoms with van der Waals surface area (Å²) in [5.74, 6) is 0.464. The molecule has 0 aromatic heterocycles. The fourth-order valence-electron chi connectivity index (χ4n) is 2.70. The van der Waals surface area contributed by atoms with E-state index in [2.05, 4.69) is 13.8 Å². The Morgan fingerprint density at radius 3 is 2.43 bits per heavy atom. The summed E-state index contributed by atoms with van der Waals surface area (Å²) in [4.78, 5) is 2.06. The van der Waals surface area contributed by atoms with Crippen LogP contribution in [0.4, 0.5) is 0 Å². The number of hydrogen-bond donors (Lipinski definition) is 2. The fourth-order valence-corrected chi connectivity index (χ4v) is 4.09. The van der Waals surface area contributed by atoms with Crippen LogP contribution in [-0.4, -0.2) is 49.8 Å². The lowest BCUT2D eigenvalue weighted by Crippen LogP contribution is -2.38. The highest BCUT2D eigenvalue weighted by molar-refractivity contribution is 7.89. The number of hydrogen-bond acceptors (Lipinski definition) is 4. The van der Waals surface area contributed by atoms with Crippen molar-refractivity contribution in [1.82, 2.24) is 9.21 Å². The van der Waals surface area contributed by atoms with Crippen molar-refractivity contribution >= 4 is 16.0 Å². The zero-order valence-electron chi connectivity index (χ0n) is 13.8. The third kappa shape index (κ3) is 4.03. The summed E-state index contributed by atoms with van der Waals surface area (Å²) in [7, 11) is -3.65. The molecule has 1 aromatic carbocycles. The van der Waals surface area contributed by atoms with Gasteiger partial charge in [0.25, 0.3) is 10.0 Å². The lowest BCUT2D eigenvalue weighted by Gasteiger charge is -2.23. The lowest BCUT2D eigenvalue weighted by atomic mass is 10.1. The maximum atomic E-state index is 12.7. The molecular formula is C16H26N4O2S. The summed E-state index contributed by atoms with van der Waals surface area (Å²) >= 11 is 0. The molecule has 0 bridgehead atoms. The number of guanidine groups is 1. The molecule has 1 saturated heterocycles. The first-order valence-corrected chi connectivity index (χ1v) is 9.45. The van der Waals surface area contributed by atoms with Gasteiger partial charge >= 0.3 is 0 Å². The molecule has 0 radical (unpaired) electrons. The molecule has 23 heavy (non-hydrogen) atoms. The molecule has 0 atom stereocenters. The first-order chi connectivity index (χ1) is 10.9. The molecule has 0 spiro atoms. The zero-order valence-corrected chi connectivity index (χ0v) is 14.6. The van der Waals surface area contributed by atoms with Crippen LogP contribution in [0.3, 0.4) is 0 Å². The average Bonchev–Trinajstić information content (AvgIpc) is 2.86. The second kappa shape index (κ2) is 7.31. The van der Waals surface area contributed by atoms with Crippen LogP contribution < -0.4 is 5.73 Å². The minimum Gasteiger partial charge on any atom is -0.340 e. The summed E-state index contributed by atoms with van der Waals surface area (Å²) in [6, 6.07) is 6.90. The first-order valence-electron chi connectivity index (χ1n) is 8.01. The van der Waals surface area contributed by atoms with Gasteiger partial charge in [0.2, 0.25) is 5.96 Å². The second-order valence-electron chi connectivity index (χ2n) is 6.28. The summed E-state index contributed by atoms with van der Waals surface area (Å²) in [6.45, 7) is 6.35. The lowest BCUT2D eigenvalue weighted by molar-refractivity contribution is 0.394. The molecule has 2 rings (SSSR count). The van der Waals surface area contributed by atoms with Crippen LogP contribution in [-0.2, 0) is 16.4 Å². The molecule has 0 aliphatic carbocycles. The molecule has 1 heterocycles. The Kier molecular flexibility index (Phi) is 5.64. The Morgan fingerprint density at radius 1 is 1.22 bits per heavy atom. The van der Waals surface area contributed by atoms with Gasteiger partial charge in [-0.15, -0.1) is 0 Å². The van der Waals surface area contributed by atoms with Crippen molar-refractivity contribution in [2.45, 2.75) is 31.6 Å². The Bertz CT molecular complexity index is 641. The normalized spacial score (nSPS) is 15.7. The van der Waals surface area contributed by atoms with E-state index in [1.54, 1.807) is 12.1 Å². The molecule has 7 heteroatoms. The molecule has 6 nitrogen and oxygen atoms in total. The molecular weight excluding hydrogens is 312 g/mol. The molecule has 1 aromatic rings. The van der Waals surface area contributed by atoms with Gasteiger partial charge in [0.05, 0.1) is 11.4 Å². The van der Waals surface area contributed by atoms with Gasteiger partial charge in [-0.25, -0.2) is 12.7 Å². The Balaban J connectivity index is 2.14. The molecule has 0 unspecified atom stereocenters. The van der Waals surface area contributed by atoms with Gasteiger partial charge in [0, 0.05) is 13.1 Å². The highest BCUT2D eigenvalue weighted by atomic mass is 32.2. The quantitative estimate of drug-likeness (QED) is 0.788. The number of nitrogens with one attached hydrogen (secondary N) is 1. The first kappa shape index (κ1) is 17.7. The maximum Gasteiger partial charge on any atom is 0.266 e. The molecule has 0 saturated carbocycles. The number of rotatable bonds is 7. The smallest absolute Gasteiger partial charge is 0.266 e. The minimum absolute atomic E-state index is 0.0749. The molecule has 1 aliphatic rings. The molecule has 128 valence electrons. The van der Waals surface area contributed by atoms with Crippen LogP contribution in [0.25, 0.3) is 0 Å². The van der Waals surface area contributed by atoms with Crippen molar-refractivity contribution in [1.29, 1.82) is 5.41 Å². The molecule has 1 aliphatic heterocycles. The maximum absolute atomic E-state index is 12.7. The van der Waals surface area contributed by atoms with Crippen LogP contribution in [0.2, 0.25) is 0 Å². The van der Waals surface area contributed by atoms with Crippen LogP contribution in [0, 0.1) is 11.3 Å². The van der Waals surface area contributed by atoms with E-state index in [4.69, 9.17) is 11.1 Å². The van der Waals surface area contributed by atoms with Gasteiger partial charge < -0.3 is 10.6 Å². The highest BCUT2D eigenvalue weighted by Crippen LogP contribution is 2.22. The summed E-state index contributed by atoms with van der Waals surface area (Å²) in [5.41, 5.74) is 6.57. The van der Waals surface area contributed by atoms with Crippen molar-refractivity contribution in [3.8, 4) is 0 Å². The summed E-state index contributed by atoms with van der Waals surface area (Å²) in [6.07, 6.45) is 1.73. The van der Waals surface area contributed by atoms with Crippen molar-refractivity contribution < 1.29 is 8.42 Å². The predicted octanol–water partition coefficient (Wildman–Crippen LogP) is 1.47. The van der Waals surface area contributed by atoms with E-state index in [1.165, 1.54) is 4.31 Å². The summed E-state index contributed by atoms with van der Waals surface area (Å²) in [5, 5.41) is 8.15. The number of aryl methyl sites for hydroxylation is 1. The van der Waals surface area contributed by atoms with Crippen LogP contribution >= 0.6 is 0 Å². The van der Waals surface area contributed by atoms with Crippen molar-refractivity contribution in [2.75, 3.05) is 26.2 Å².